The molecule has 1 aromatic rings. The van der Waals surface area contributed by atoms with E-state index >= 15 is 0 Å². The van der Waals surface area contributed by atoms with Crippen LogP contribution in [0, 0.1) is 0 Å². The summed E-state index contributed by atoms with van der Waals surface area (Å²) in [4.78, 5) is 2.09. The van der Waals surface area contributed by atoms with Crippen LogP contribution in [0.4, 0.5) is 5.69 Å². The molecule has 0 saturated heterocycles. The summed E-state index contributed by atoms with van der Waals surface area (Å²) in [6.45, 7) is 4.80. The van der Waals surface area contributed by atoms with Gasteiger partial charge in [-0.05, 0) is 44.5 Å². The van der Waals surface area contributed by atoms with E-state index < -0.39 is 0 Å². The van der Waals surface area contributed by atoms with Crippen LogP contribution in [-0.2, 0) is 0 Å². The van der Waals surface area contributed by atoms with E-state index in [0.29, 0.717) is 6.04 Å². The second-order valence-electron chi connectivity index (χ2n) is 4.80. The Morgan fingerprint density at radius 3 is 2.24 bits per heavy atom. The third-order valence-corrected chi connectivity index (χ3v) is 2.92. The standard InChI is InChI=1S/C14H24N2O/c1-11(17)9-10-15-12(2)13-5-7-14(8-6-13)16(3)4/h5-8,11-12,15,17H,9-10H2,1-4H3. The van der Waals surface area contributed by atoms with Gasteiger partial charge in [0.2, 0.25) is 0 Å². The highest BCUT2D eigenvalue weighted by atomic mass is 16.3. The molecule has 3 heteroatoms. The minimum Gasteiger partial charge on any atom is -0.393 e. The van der Waals surface area contributed by atoms with Crippen molar-refractivity contribution in [3.8, 4) is 0 Å². The molecule has 1 aromatic carbocycles. The predicted octanol–water partition coefficient (Wildman–Crippen LogP) is 2.17. The van der Waals surface area contributed by atoms with Gasteiger partial charge in [0.1, 0.15) is 0 Å². The highest BCUT2D eigenvalue weighted by Crippen LogP contribution is 2.17. The predicted molar refractivity (Wildman–Crippen MR) is 73.5 cm³/mol. The number of anilines is 1. The van der Waals surface area contributed by atoms with E-state index in [0.717, 1.165) is 13.0 Å². The molecule has 1 rings (SSSR count). The molecule has 0 aliphatic rings. The lowest BCUT2D eigenvalue weighted by Gasteiger charge is -2.17. The first kappa shape index (κ1) is 14.0. The van der Waals surface area contributed by atoms with E-state index in [9.17, 15) is 5.11 Å². The molecule has 96 valence electrons. The van der Waals surface area contributed by atoms with E-state index in [1.807, 2.05) is 21.0 Å². The van der Waals surface area contributed by atoms with Crippen LogP contribution >= 0.6 is 0 Å². The van der Waals surface area contributed by atoms with Crippen molar-refractivity contribution in [1.82, 2.24) is 5.32 Å². The van der Waals surface area contributed by atoms with Crippen LogP contribution in [0.25, 0.3) is 0 Å². The third-order valence-electron chi connectivity index (χ3n) is 2.92. The van der Waals surface area contributed by atoms with Crippen LogP contribution < -0.4 is 10.2 Å². The maximum Gasteiger partial charge on any atom is 0.0524 e. The highest BCUT2D eigenvalue weighted by molar-refractivity contribution is 5.46. The molecular weight excluding hydrogens is 212 g/mol. The quantitative estimate of drug-likeness (QED) is 0.794. The molecule has 0 bridgehead atoms. The Hall–Kier alpha value is -1.06. The van der Waals surface area contributed by atoms with E-state index in [-0.39, 0.29) is 6.10 Å². The average Bonchev–Trinajstić information content (AvgIpc) is 2.28. The second-order valence-corrected chi connectivity index (χ2v) is 4.80. The minimum atomic E-state index is -0.231. The van der Waals surface area contributed by atoms with E-state index in [4.69, 9.17) is 0 Å². The first-order valence-electron chi connectivity index (χ1n) is 6.19. The molecule has 0 aliphatic heterocycles. The number of rotatable bonds is 6. The van der Waals surface area contributed by atoms with Crippen LogP contribution in [0.15, 0.2) is 24.3 Å². The fraction of sp³-hybridized carbons (Fsp3) is 0.571. The van der Waals surface area contributed by atoms with Gasteiger partial charge < -0.3 is 15.3 Å². The van der Waals surface area contributed by atoms with Crippen LogP contribution in [0.2, 0.25) is 0 Å². The van der Waals surface area contributed by atoms with Crippen molar-refractivity contribution in [3.63, 3.8) is 0 Å². The lowest BCUT2D eigenvalue weighted by molar-refractivity contribution is 0.182. The number of benzene rings is 1. The lowest BCUT2D eigenvalue weighted by atomic mass is 10.1. The smallest absolute Gasteiger partial charge is 0.0524 e. The molecule has 0 radical (unpaired) electrons. The molecule has 0 spiro atoms. The molecule has 0 saturated carbocycles. The summed E-state index contributed by atoms with van der Waals surface area (Å²) in [6.07, 6.45) is 0.561. The highest BCUT2D eigenvalue weighted by Gasteiger charge is 2.05. The Morgan fingerprint density at radius 1 is 1.18 bits per heavy atom. The fourth-order valence-electron chi connectivity index (χ4n) is 1.69. The molecule has 0 aliphatic carbocycles. The van der Waals surface area contributed by atoms with Crippen molar-refractivity contribution < 1.29 is 5.11 Å². The Labute approximate surface area is 104 Å². The average molecular weight is 236 g/mol. The number of aliphatic hydroxyl groups is 1. The fourth-order valence-corrected chi connectivity index (χ4v) is 1.69. The minimum absolute atomic E-state index is 0.231. The number of nitrogens with zero attached hydrogens (tertiary/aromatic N) is 1. The summed E-state index contributed by atoms with van der Waals surface area (Å²) in [5, 5.41) is 12.6. The van der Waals surface area contributed by atoms with Crippen LogP contribution in [0.3, 0.4) is 0 Å². The van der Waals surface area contributed by atoms with Crippen molar-refractivity contribution in [2.24, 2.45) is 0 Å². The molecule has 0 amide bonds. The van der Waals surface area contributed by atoms with Crippen molar-refractivity contribution in [2.45, 2.75) is 32.4 Å². The van der Waals surface area contributed by atoms with Crippen LogP contribution in [0.1, 0.15) is 31.9 Å². The molecular formula is C14H24N2O. The lowest BCUT2D eigenvalue weighted by Crippen LogP contribution is -2.22. The van der Waals surface area contributed by atoms with E-state index in [2.05, 4.69) is 41.4 Å². The van der Waals surface area contributed by atoms with Crippen molar-refractivity contribution >= 4 is 5.69 Å². The first-order valence-corrected chi connectivity index (χ1v) is 6.19. The molecule has 2 atom stereocenters. The van der Waals surface area contributed by atoms with Gasteiger partial charge in [0.15, 0.2) is 0 Å². The van der Waals surface area contributed by atoms with Crippen molar-refractivity contribution in [2.75, 3.05) is 25.5 Å². The van der Waals surface area contributed by atoms with Gasteiger partial charge >= 0.3 is 0 Å². The van der Waals surface area contributed by atoms with Gasteiger partial charge in [0, 0.05) is 25.8 Å². The molecule has 0 fully saturated rings. The summed E-state index contributed by atoms with van der Waals surface area (Å²) < 4.78 is 0. The first-order chi connectivity index (χ1) is 8.00. The number of hydrogen-bond acceptors (Lipinski definition) is 3. The van der Waals surface area contributed by atoms with Crippen LogP contribution in [-0.4, -0.2) is 31.9 Å². The van der Waals surface area contributed by atoms with Crippen LogP contribution in [0.5, 0.6) is 0 Å². The topological polar surface area (TPSA) is 35.5 Å². The zero-order chi connectivity index (χ0) is 12.8. The summed E-state index contributed by atoms with van der Waals surface area (Å²) in [5.41, 5.74) is 2.49. The van der Waals surface area contributed by atoms with Gasteiger partial charge in [-0.1, -0.05) is 12.1 Å². The molecule has 0 aromatic heterocycles. The number of nitrogens with one attached hydrogen (secondary N) is 1. The van der Waals surface area contributed by atoms with Gasteiger partial charge in [-0.25, -0.2) is 0 Å². The molecule has 3 nitrogen and oxygen atoms in total. The SMILES string of the molecule is CC(O)CCNC(C)c1ccc(N(C)C)cc1. The Morgan fingerprint density at radius 2 is 1.76 bits per heavy atom. The van der Waals surface area contributed by atoms with Gasteiger partial charge in [0.25, 0.3) is 0 Å². The van der Waals surface area contributed by atoms with E-state index in [1.165, 1.54) is 11.3 Å². The molecule has 17 heavy (non-hydrogen) atoms. The Bertz CT molecular complexity index is 319. The number of aliphatic hydroxyl groups excluding tert-OH is 1. The second kappa shape index (κ2) is 6.62. The zero-order valence-corrected chi connectivity index (χ0v) is 11.3. The summed E-state index contributed by atoms with van der Waals surface area (Å²) in [5.74, 6) is 0. The molecule has 2 N–H and O–H groups in total. The molecule has 2 unspecified atom stereocenters. The zero-order valence-electron chi connectivity index (χ0n) is 11.3. The van der Waals surface area contributed by atoms with Gasteiger partial charge in [-0.15, -0.1) is 0 Å². The number of hydrogen-bond donors (Lipinski definition) is 2. The van der Waals surface area contributed by atoms with Gasteiger partial charge in [0.05, 0.1) is 6.10 Å². The normalized spacial score (nSPS) is 14.4. The Kier molecular flexibility index (Phi) is 5.45. The largest absolute Gasteiger partial charge is 0.393 e. The van der Waals surface area contributed by atoms with Gasteiger partial charge in [-0.3, -0.25) is 0 Å². The van der Waals surface area contributed by atoms with E-state index in [1.54, 1.807) is 0 Å². The molecule has 0 heterocycles. The van der Waals surface area contributed by atoms with Crippen molar-refractivity contribution in [1.29, 1.82) is 0 Å². The van der Waals surface area contributed by atoms with Crippen molar-refractivity contribution in [3.05, 3.63) is 29.8 Å². The monoisotopic (exact) mass is 236 g/mol. The van der Waals surface area contributed by atoms with Gasteiger partial charge in [-0.2, -0.15) is 0 Å². The maximum atomic E-state index is 9.19. The summed E-state index contributed by atoms with van der Waals surface area (Å²) >= 11 is 0. The summed E-state index contributed by atoms with van der Waals surface area (Å²) in [7, 11) is 4.08. The summed E-state index contributed by atoms with van der Waals surface area (Å²) in [6, 6.07) is 8.87. The maximum absolute atomic E-state index is 9.19. The third kappa shape index (κ3) is 4.75. The Balaban J connectivity index is 2.48.